The Hall–Kier alpha value is -1.59. The lowest BCUT2D eigenvalue weighted by molar-refractivity contribution is -0.0426. The summed E-state index contributed by atoms with van der Waals surface area (Å²) in [5, 5.41) is 11.1. The van der Waals surface area contributed by atoms with Crippen molar-refractivity contribution in [3.05, 3.63) is 35.9 Å². The van der Waals surface area contributed by atoms with Gasteiger partial charge in [0.15, 0.2) is 0 Å². The van der Waals surface area contributed by atoms with Crippen LogP contribution in [0.4, 0.5) is 4.79 Å². The molecule has 3 N–H and O–H groups in total. The number of hydrogen-bond donors (Lipinski definition) is 2. The van der Waals surface area contributed by atoms with Crippen molar-refractivity contribution in [2.24, 2.45) is 5.73 Å². The number of carbonyl (C=O) groups excluding carboxylic acids is 1. The summed E-state index contributed by atoms with van der Waals surface area (Å²) in [5.41, 5.74) is 4.80. The van der Waals surface area contributed by atoms with E-state index >= 15 is 0 Å². The van der Waals surface area contributed by atoms with E-state index in [9.17, 15) is 9.90 Å². The van der Waals surface area contributed by atoms with Crippen molar-refractivity contribution in [1.82, 2.24) is 4.90 Å². The number of aliphatic hydroxyl groups is 1. The molecule has 22 heavy (non-hydrogen) atoms. The standard InChI is InChI=1S/C17H26N2O3/c1-16(2,3)22-15(20)19-11-7-10-14(19)17(21,12-18)13-8-5-4-6-9-13/h4-6,8-9,14,21H,7,10-12,18H2,1-3H3/t14-,17+/m0/s1. The van der Waals surface area contributed by atoms with E-state index in [1.807, 2.05) is 51.1 Å². The summed E-state index contributed by atoms with van der Waals surface area (Å²) >= 11 is 0. The SMILES string of the molecule is CC(C)(C)OC(=O)N1CCC[C@H]1[C@@](O)(CN)c1ccccc1. The van der Waals surface area contributed by atoms with Crippen molar-refractivity contribution in [2.75, 3.05) is 13.1 Å². The first-order chi connectivity index (χ1) is 10.3. The Bertz CT molecular complexity index is 512. The highest BCUT2D eigenvalue weighted by Crippen LogP contribution is 2.35. The third kappa shape index (κ3) is 3.42. The van der Waals surface area contributed by atoms with Crippen molar-refractivity contribution in [3.63, 3.8) is 0 Å². The molecule has 0 bridgehead atoms. The molecule has 1 aromatic rings. The highest BCUT2D eigenvalue weighted by atomic mass is 16.6. The predicted molar refractivity (Wildman–Crippen MR) is 85.4 cm³/mol. The molecule has 1 aliphatic heterocycles. The second kappa shape index (κ2) is 6.26. The summed E-state index contributed by atoms with van der Waals surface area (Å²) in [6.07, 6.45) is 1.15. The minimum absolute atomic E-state index is 0.0565. The molecule has 0 aromatic heterocycles. The van der Waals surface area contributed by atoms with Gasteiger partial charge >= 0.3 is 6.09 Å². The number of nitrogens with two attached hydrogens (primary N) is 1. The molecule has 1 heterocycles. The van der Waals surface area contributed by atoms with Gasteiger partial charge in [0.25, 0.3) is 0 Å². The summed E-state index contributed by atoms with van der Waals surface area (Å²) in [6, 6.07) is 8.94. The summed E-state index contributed by atoms with van der Waals surface area (Å²) in [7, 11) is 0. The summed E-state index contributed by atoms with van der Waals surface area (Å²) < 4.78 is 5.46. The number of hydrogen-bond acceptors (Lipinski definition) is 4. The molecule has 5 heteroatoms. The number of rotatable bonds is 3. The van der Waals surface area contributed by atoms with Gasteiger partial charge in [-0.1, -0.05) is 30.3 Å². The molecule has 1 fully saturated rings. The third-order valence-electron chi connectivity index (χ3n) is 4.02. The van der Waals surface area contributed by atoms with Crippen LogP contribution in [-0.2, 0) is 10.3 Å². The van der Waals surface area contributed by atoms with Crippen LogP contribution in [0.1, 0.15) is 39.2 Å². The van der Waals surface area contributed by atoms with Gasteiger partial charge in [-0.15, -0.1) is 0 Å². The summed E-state index contributed by atoms with van der Waals surface area (Å²) in [6.45, 7) is 6.14. The van der Waals surface area contributed by atoms with Crippen molar-refractivity contribution >= 4 is 6.09 Å². The molecule has 0 aliphatic carbocycles. The maximum atomic E-state index is 12.4. The minimum atomic E-state index is -1.26. The van der Waals surface area contributed by atoms with Gasteiger partial charge in [0.1, 0.15) is 11.2 Å². The first kappa shape index (κ1) is 16.8. The van der Waals surface area contributed by atoms with Gasteiger partial charge in [-0.2, -0.15) is 0 Å². The molecule has 0 spiro atoms. The van der Waals surface area contributed by atoms with E-state index in [0.29, 0.717) is 13.0 Å². The Morgan fingerprint density at radius 1 is 1.36 bits per heavy atom. The van der Waals surface area contributed by atoms with Crippen molar-refractivity contribution in [3.8, 4) is 0 Å². The van der Waals surface area contributed by atoms with Crippen LogP contribution < -0.4 is 5.73 Å². The van der Waals surface area contributed by atoms with Crippen LogP contribution in [0.2, 0.25) is 0 Å². The van der Waals surface area contributed by atoms with Crippen molar-refractivity contribution < 1.29 is 14.6 Å². The first-order valence-corrected chi connectivity index (χ1v) is 7.75. The second-order valence-corrected chi connectivity index (χ2v) is 6.83. The van der Waals surface area contributed by atoms with Crippen LogP contribution in [0, 0.1) is 0 Å². The van der Waals surface area contributed by atoms with Crippen LogP contribution in [0.3, 0.4) is 0 Å². The van der Waals surface area contributed by atoms with Gasteiger partial charge in [-0.3, -0.25) is 0 Å². The lowest BCUT2D eigenvalue weighted by Crippen LogP contribution is -2.54. The monoisotopic (exact) mass is 306 g/mol. The number of nitrogens with zero attached hydrogens (tertiary/aromatic N) is 1. The average molecular weight is 306 g/mol. The molecule has 1 aliphatic rings. The lowest BCUT2D eigenvalue weighted by Gasteiger charge is -2.39. The largest absolute Gasteiger partial charge is 0.444 e. The predicted octanol–water partition coefficient (Wildman–Crippen LogP) is 2.23. The minimum Gasteiger partial charge on any atom is -0.444 e. The smallest absolute Gasteiger partial charge is 0.410 e. The van der Waals surface area contributed by atoms with Crippen LogP contribution in [0.25, 0.3) is 0 Å². The zero-order valence-electron chi connectivity index (χ0n) is 13.6. The van der Waals surface area contributed by atoms with E-state index < -0.39 is 17.3 Å². The van der Waals surface area contributed by atoms with E-state index in [1.54, 1.807) is 4.90 Å². The van der Waals surface area contributed by atoms with E-state index in [0.717, 1.165) is 12.0 Å². The average Bonchev–Trinajstić information content (AvgIpc) is 2.95. The number of benzene rings is 1. The number of carbonyl (C=O) groups is 1. The molecule has 1 amide bonds. The fourth-order valence-electron chi connectivity index (χ4n) is 2.98. The van der Waals surface area contributed by atoms with Gasteiger partial charge in [0, 0.05) is 13.1 Å². The van der Waals surface area contributed by atoms with Crippen LogP contribution in [0.15, 0.2) is 30.3 Å². The number of likely N-dealkylation sites (tertiary alicyclic amines) is 1. The van der Waals surface area contributed by atoms with Gasteiger partial charge < -0.3 is 20.5 Å². The number of ether oxygens (including phenoxy) is 1. The molecule has 5 nitrogen and oxygen atoms in total. The Kier molecular flexibility index (Phi) is 4.78. The first-order valence-electron chi connectivity index (χ1n) is 7.75. The Labute approximate surface area is 132 Å². The lowest BCUT2D eigenvalue weighted by atomic mass is 9.85. The maximum absolute atomic E-state index is 12.4. The van der Waals surface area contributed by atoms with Gasteiger partial charge in [-0.25, -0.2) is 4.79 Å². The molecule has 0 radical (unpaired) electrons. The van der Waals surface area contributed by atoms with Crippen molar-refractivity contribution in [1.29, 1.82) is 0 Å². The normalized spacial score (nSPS) is 21.5. The van der Waals surface area contributed by atoms with Gasteiger partial charge in [-0.05, 0) is 39.2 Å². The number of amides is 1. The van der Waals surface area contributed by atoms with Gasteiger partial charge in [0.05, 0.1) is 6.04 Å². The molecular weight excluding hydrogens is 280 g/mol. The summed E-state index contributed by atoms with van der Waals surface area (Å²) in [5.74, 6) is 0. The molecule has 0 saturated carbocycles. The molecule has 2 rings (SSSR count). The third-order valence-corrected chi connectivity index (χ3v) is 4.02. The summed E-state index contributed by atoms with van der Waals surface area (Å²) in [4.78, 5) is 14.0. The van der Waals surface area contributed by atoms with Crippen LogP contribution >= 0.6 is 0 Å². The van der Waals surface area contributed by atoms with E-state index in [4.69, 9.17) is 10.5 Å². The molecule has 1 aromatic carbocycles. The Morgan fingerprint density at radius 3 is 2.55 bits per heavy atom. The quantitative estimate of drug-likeness (QED) is 0.898. The fourth-order valence-corrected chi connectivity index (χ4v) is 2.98. The van der Waals surface area contributed by atoms with Crippen LogP contribution in [-0.4, -0.2) is 40.8 Å². The zero-order valence-corrected chi connectivity index (χ0v) is 13.6. The van der Waals surface area contributed by atoms with Crippen molar-refractivity contribution in [2.45, 2.75) is 50.9 Å². The zero-order chi connectivity index (χ0) is 16.4. The Morgan fingerprint density at radius 2 is 2.00 bits per heavy atom. The second-order valence-electron chi connectivity index (χ2n) is 6.83. The molecule has 0 unspecified atom stereocenters. The fraction of sp³-hybridized carbons (Fsp3) is 0.588. The molecule has 1 saturated heterocycles. The topological polar surface area (TPSA) is 75.8 Å². The molecular formula is C17H26N2O3. The Balaban J connectivity index is 2.26. The van der Waals surface area contributed by atoms with Gasteiger partial charge in [0.2, 0.25) is 0 Å². The van der Waals surface area contributed by atoms with E-state index in [1.165, 1.54) is 0 Å². The highest BCUT2D eigenvalue weighted by molar-refractivity contribution is 5.69. The highest BCUT2D eigenvalue weighted by Gasteiger charge is 2.46. The maximum Gasteiger partial charge on any atom is 0.410 e. The van der Waals surface area contributed by atoms with E-state index in [2.05, 4.69) is 0 Å². The van der Waals surface area contributed by atoms with Crippen LogP contribution in [0.5, 0.6) is 0 Å². The van der Waals surface area contributed by atoms with E-state index in [-0.39, 0.29) is 12.6 Å². The molecule has 2 atom stereocenters. The molecule has 122 valence electrons.